The zero-order valence-corrected chi connectivity index (χ0v) is 18.2. The molecule has 32 heavy (non-hydrogen) atoms. The number of aliphatic carboxylic acids is 1. The fraction of sp³-hybridized carbons (Fsp3) is 0.320. The van der Waals surface area contributed by atoms with E-state index in [-0.39, 0.29) is 18.0 Å². The van der Waals surface area contributed by atoms with E-state index in [1.807, 2.05) is 43.3 Å². The monoisotopic (exact) mass is 433 g/mol. The molecule has 1 fully saturated rings. The highest BCUT2D eigenvalue weighted by Gasteiger charge is 2.30. The van der Waals surface area contributed by atoms with Crippen LogP contribution in [-0.4, -0.2) is 46.0 Å². The topological polar surface area (TPSA) is 103 Å². The Morgan fingerprint density at radius 1 is 1.16 bits per heavy atom. The number of nitrogens with one attached hydrogen (secondary N) is 2. The van der Waals surface area contributed by atoms with Crippen molar-refractivity contribution < 1.29 is 14.7 Å². The molecule has 0 spiro atoms. The highest BCUT2D eigenvalue weighted by atomic mass is 16.4. The average molecular weight is 434 g/mol. The lowest BCUT2D eigenvalue weighted by Gasteiger charge is -2.33. The lowest BCUT2D eigenvalue weighted by Crippen LogP contribution is -2.47. The Kier molecular flexibility index (Phi) is 5.99. The summed E-state index contributed by atoms with van der Waals surface area (Å²) in [5.41, 5.74) is 3.58. The lowest BCUT2D eigenvalue weighted by atomic mass is 9.97. The number of carboxylic acid groups (broad SMARTS) is 1. The molecule has 3 aromatic rings. The number of benzene rings is 2. The SMILES string of the molecule is Cc1ccccc1-c1c[nH]c(=O)c2cc(N[C@@H](C)C(=O)N3CCCC(C(=O)O)C3)ccc12. The molecule has 0 aliphatic carbocycles. The van der Waals surface area contributed by atoms with E-state index in [1.165, 1.54) is 0 Å². The third-order valence-electron chi connectivity index (χ3n) is 6.17. The number of hydrogen-bond acceptors (Lipinski definition) is 4. The van der Waals surface area contributed by atoms with Crippen LogP contribution in [0.5, 0.6) is 0 Å². The molecule has 1 saturated heterocycles. The Bertz CT molecular complexity index is 1230. The molecule has 0 bridgehead atoms. The minimum Gasteiger partial charge on any atom is -0.481 e. The summed E-state index contributed by atoms with van der Waals surface area (Å²) in [6.07, 6.45) is 3.02. The lowest BCUT2D eigenvalue weighted by molar-refractivity contribution is -0.145. The number of carboxylic acids is 1. The van der Waals surface area contributed by atoms with Crippen LogP contribution in [0.15, 0.2) is 53.5 Å². The predicted octanol–water partition coefficient (Wildman–Crippen LogP) is 3.63. The van der Waals surface area contributed by atoms with Crippen LogP contribution in [-0.2, 0) is 9.59 Å². The number of aryl methyl sites for hydroxylation is 1. The fourth-order valence-corrected chi connectivity index (χ4v) is 4.41. The van der Waals surface area contributed by atoms with Crippen molar-refractivity contribution in [1.29, 1.82) is 0 Å². The van der Waals surface area contributed by atoms with Gasteiger partial charge in [-0.3, -0.25) is 14.4 Å². The Morgan fingerprint density at radius 2 is 1.94 bits per heavy atom. The third kappa shape index (κ3) is 4.23. The molecule has 7 nitrogen and oxygen atoms in total. The zero-order chi connectivity index (χ0) is 22.8. The van der Waals surface area contributed by atoms with Gasteiger partial charge in [0.1, 0.15) is 6.04 Å². The molecule has 3 N–H and O–H groups in total. The maximum Gasteiger partial charge on any atom is 0.308 e. The molecule has 7 heteroatoms. The molecular weight excluding hydrogens is 406 g/mol. The number of anilines is 1. The Hall–Kier alpha value is -3.61. The van der Waals surface area contributed by atoms with Gasteiger partial charge in [0.2, 0.25) is 5.91 Å². The van der Waals surface area contributed by atoms with Crippen LogP contribution < -0.4 is 10.9 Å². The van der Waals surface area contributed by atoms with Crippen LogP contribution in [0.3, 0.4) is 0 Å². The highest BCUT2D eigenvalue weighted by molar-refractivity contribution is 5.98. The van der Waals surface area contributed by atoms with Crippen LogP contribution in [0.2, 0.25) is 0 Å². The number of aromatic nitrogens is 1. The van der Waals surface area contributed by atoms with Gasteiger partial charge in [-0.1, -0.05) is 30.3 Å². The molecule has 1 aliphatic heterocycles. The van der Waals surface area contributed by atoms with Crippen LogP contribution in [0.25, 0.3) is 21.9 Å². The quantitative estimate of drug-likeness (QED) is 0.570. The van der Waals surface area contributed by atoms with E-state index in [0.29, 0.717) is 30.5 Å². The molecule has 0 radical (unpaired) electrons. The summed E-state index contributed by atoms with van der Waals surface area (Å²) in [6.45, 7) is 4.58. The first-order valence-electron chi connectivity index (χ1n) is 10.8. The van der Waals surface area contributed by atoms with Gasteiger partial charge < -0.3 is 20.3 Å². The van der Waals surface area contributed by atoms with Crippen molar-refractivity contribution in [3.8, 4) is 11.1 Å². The van der Waals surface area contributed by atoms with E-state index >= 15 is 0 Å². The summed E-state index contributed by atoms with van der Waals surface area (Å²) >= 11 is 0. The van der Waals surface area contributed by atoms with Crippen LogP contribution in [0.1, 0.15) is 25.3 Å². The number of pyridine rings is 1. The second kappa shape index (κ2) is 8.86. The molecule has 1 amide bonds. The Labute approximate surface area is 186 Å². The number of likely N-dealkylation sites (tertiary alicyclic amines) is 1. The summed E-state index contributed by atoms with van der Waals surface area (Å²) in [5, 5.41) is 13.8. The Balaban J connectivity index is 1.58. The van der Waals surface area contributed by atoms with Gasteiger partial charge in [-0.2, -0.15) is 0 Å². The van der Waals surface area contributed by atoms with Gasteiger partial charge in [-0.05, 0) is 55.3 Å². The van der Waals surface area contributed by atoms with E-state index in [4.69, 9.17) is 0 Å². The maximum atomic E-state index is 12.9. The third-order valence-corrected chi connectivity index (χ3v) is 6.17. The number of amides is 1. The number of rotatable bonds is 5. The van der Waals surface area contributed by atoms with Crippen molar-refractivity contribution in [2.45, 2.75) is 32.7 Å². The number of nitrogens with zero attached hydrogens (tertiary/aromatic N) is 1. The number of fused-ring (bicyclic) bond motifs is 1. The van der Waals surface area contributed by atoms with E-state index in [0.717, 1.165) is 22.1 Å². The molecule has 1 unspecified atom stereocenters. The largest absolute Gasteiger partial charge is 0.481 e. The fourth-order valence-electron chi connectivity index (χ4n) is 4.41. The summed E-state index contributed by atoms with van der Waals surface area (Å²) < 4.78 is 0. The molecule has 0 saturated carbocycles. The van der Waals surface area contributed by atoms with Crippen molar-refractivity contribution in [2.75, 3.05) is 18.4 Å². The number of H-pyrrole nitrogens is 1. The first-order valence-corrected chi connectivity index (χ1v) is 10.8. The van der Waals surface area contributed by atoms with Gasteiger partial charge in [-0.25, -0.2) is 0 Å². The minimum atomic E-state index is -0.860. The van der Waals surface area contributed by atoms with Gasteiger partial charge in [0.25, 0.3) is 5.56 Å². The van der Waals surface area contributed by atoms with Crippen LogP contribution >= 0.6 is 0 Å². The second-order valence-corrected chi connectivity index (χ2v) is 8.43. The summed E-state index contributed by atoms with van der Waals surface area (Å²) in [5.74, 6) is -1.51. The number of carbonyl (C=O) groups excluding carboxylic acids is 1. The summed E-state index contributed by atoms with van der Waals surface area (Å²) in [7, 11) is 0. The van der Waals surface area contributed by atoms with Gasteiger partial charge in [-0.15, -0.1) is 0 Å². The zero-order valence-electron chi connectivity index (χ0n) is 18.2. The van der Waals surface area contributed by atoms with E-state index in [1.54, 1.807) is 24.1 Å². The number of aromatic amines is 1. The van der Waals surface area contributed by atoms with E-state index in [2.05, 4.69) is 10.3 Å². The van der Waals surface area contributed by atoms with Gasteiger partial charge in [0.05, 0.1) is 5.92 Å². The van der Waals surface area contributed by atoms with E-state index < -0.39 is 17.9 Å². The van der Waals surface area contributed by atoms with Crippen molar-refractivity contribution in [2.24, 2.45) is 5.92 Å². The average Bonchev–Trinajstić information content (AvgIpc) is 2.80. The molecule has 4 rings (SSSR count). The molecule has 1 aromatic heterocycles. The molecule has 166 valence electrons. The van der Waals surface area contributed by atoms with Crippen molar-refractivity contribution in [3.63, 3.8) is 0 Å². The van der Waals surface area contributed by atoms with Crippen molar-refractivity contribution in [3.05, 3.63) is 64.6 Å². The molecule has 2 aromatic carbocycles. The molecule has 2 atom stereocenters. The molecular formula is C25H27N3O4. The van der Waals surface area contributed by atoms with Crippen molar-refractivity contribution >= 4 is 28.3 Å². The Morgan fingerprint density at radius 3 is 2.69 bits per heavy atom. The van der Waals surface area contributed by atoms with Crippen LogP contribution in [0.4, 0.5) is 5.69 Å². The highest BCUT2D eigenvalue weighted by Crippen LogP contribution is 2.30. The minimum absolute atomic E-state index is 0.140. The number of carbonyl (C=O) groups is 2. The van der Waals surface area contributed by atoms with Gasteiger partial charge in [0.15, 0.2) is 0 Å². The standard InChI is InChI=1S/C25H27N3O4/c1-15-6-3-4-8-19(15)22-13-26-23(29)21-12-18(9-10-20(21)22)27-16(2)24(30)28-11-5-7-17(14-28)25(31)32/h3-4,6,8-10,12-13,16-17,27H,5,7,11,14H2,1-2H3,(H,26,29)(H,31,32)/t16-,17?/m0/s1. The van der Waals surface area contributed by atoms with Crippen molar-refractivity contribution in [1.82, 2.24) is 9.88 Å². The van der Waals surface area contributed by atoms with Gasteiger partial charge >= 0.3 is 5.97 Å². The maximum absolute atomic E-state index is 12.9. The second-order valence-electron chi connectivity index (χ2n) is 8.43. The summed E-state index contributed by atoms with van der Waals surface area (Å²) in [6, 6.07) is 13.0. The number of hydrogen-bond donors (Lipinski definition) is 3. The first-order chi connectivity index (χ1) is 15.3. The normalized spacial score (nSPS) is 17.2. The predicted molar refractivity (Wildman–Crippen MR) is 125 cm³/mol. The first kappa shape index (κ1) is 21.6. The molecule has 1 aliphatic rings. The number of piperidine rings is 1. The summed E-state index contributed by atoms with van der Waals surface area (Å²) in [4.78, 5) is 41.2. The molecule has 2 heterocycles. The smallest absolute Gasteiger partial charge is 0.308 e. The van der Waals surface area contributed by atoms with E-state index in [9.17, 15) is 19.5 Å². The van der Waals surface area contributed by atoms with Crippen LogP contribution in [0, 0.1) is 12.8 Å². The van der Waals surface area contributed by atoms with Gasteiger partial charge in [0, 0.05) is 35.9 Å².